The third-order valence-corrected chi connectivity index (χ3v) is 7.88. The van der Waals surface area contributed by atoms with Crippen LogP contribution in [0.1, 0.15) is 36.6 Å². The molecule has 1 N–H and O–H groups in total. The van der Waals surface area contributed by atoms with Gasteiger partial charge in [-0.3, -0.25) is 9.69 Å². The largest absolute Gasteiger partial charge is 0.573 e. The lowest BCUT2D eigenvalue weighted by molar-refractivity contribution is -0.274. The summed E-state index contributed by atoms with van der Waals surface area (Å²) >= 11 is 1.20. The average molecular weight is 638 g/mol. The van der Waals surface area contributed by atoms with Gasteiger partial charge in [0.15, 0.2) is 5.17 Å². The molecule has 2 heterocycles. The van der Waals surface area contributed by atoms with Gasteiger partial charge in [0, 0.05) is 35.3 Å². The molecule has 1 atom stereocenters. The number of nitrogens with zero attached hydrogens (tertiary/aromatic N) is 4. The van der Waals surface area contributed by atoms with Gasteiger partial charge < -0.3 is 19.4 Å². The number of urea groups is 1. The maximum absolute atomic E-state index is 13.0. The second-order valence-corrected chi connectivity index (χ2v) is 11.2. The SMILES string of the molecule is CCOC(C)c1ccc(C)cc1N1C(=O)CS/C1=N\C(=O)Nc1ccc(-c2cn(-c3ccc(OC(F)(F)F)cc3)cn2)cc1C. The van der Waals surface area contributed by atoms with Gasteiger partial charge in [0.1, 0.15) is 5.75 Å². The van der Waals surface area contributed by atoms with E-state index in [-0.39, 0.29) is 28.7 Å². The number of aromatic nitrogens is 2. The highest BCUT2D eigenvalue weighted by Crippen LogP contribution is 2.35. The van der Waals surface area contributed by atoms with E-state index in [1.165, 1.54) is 40.9 Å². The number of thioether (sulfide) groups is 1. The number of carbonyl (C=O) groups is 2. The molecule has 1 aliphatic rings. The van der Waals surface area contributed by atoms with E-state index < -0.39 is 12.4 Å². The molecule has 1 unspecified atom stereocenters. The molecule has 1 fully saturated rings. The molecule has 234 valence electrons. The van der Waals surface area contributed by atoms with Crippen molar-refractivity contribution >= 4 is 40.2 Å². The number of hydrogen-bond donors (Lipinski definition) is 1. The molecule has 13 heteroatoms. The number of amides is 3. The van der Waals surface area contributed by atoms with E-state index in [0.29, 0.717) is 29.4 Å². The Kier molecular flexibility index (Phi) is 9.30. The standard InChI is InChI=1S/C32H30F3N5O4S/c1-5-43-21(4)25-12-6-19(2)14-28(25)40-29(41)17-45-31(40)38-30(42)37-26-13-7-22(15-20(26)3)27-16-39(18-36-27)23-8-10-24(11-9-23)44-32(33,34)35/h6-16,18,21H,5,17H2,1-4H3,(H,37,42)/b38-31-. The van der Waals surface area contributed by atoms with E-state index in [9.17, 15) is 22.8 Å². The normalized spacial score (nSPS) is 15.0. The Morgan fingerprint density at radius 3 is 2.56 bits per heavy atom. The summed E-state index contributed by atoms with van der Waals surface area (Å²) in [5.41, 5.74) is 5.71. The highest BCUT2D eigenvalue weighted by molar-refractivity contribution is 8.15. The van der Waals surface area contributed by atoms with E-state index in [1.807, 2.05) is 52.0 Å². The van der Waals surface area contributed by atoms with Gasteiger partial charge in [0.2, 0.25) is 5.91 Å². The first-order valence-corrected chi connectivity index (χ1v) is 15.0. The zero-order chi connectivity index (χ0) is 32.3. The molecule has 0 radical (unpaired) electrons. The van der Waals surface area contributed by atoms with Crippen LogP contribution < -0.4 is 15.0 Å². The monoisotopic (exact) mass is 637 g/mol. The van der Waals surface area contributed by atoms with Gasteiger partial charge in [-0.15, -0.1) is 13.2 Å². The Morgan fingerprint density at radius 1 is 1.11 bits per heavy atom. The van der Waals surface area contributed by atoms with Crippen LogP contribution in [0.5, 0.6) is 5.75 Å². The first kappa shape index (κ1) is 31.8. The molecule has 45 heavy (non-hydrogen) atoms. The smallest absolute Gasteiger partial charge is 0.406 e. The summed E-state index contributed by atoms with van der Waals surface area (Å²) < 4.78 is 48.8. The number of aryl methyl sites for hydroxylation is 2. The number of halogens is 3. The molecule has 0 aliphatic carbocycles. The van der Waals surface area contributed by atoms with Crippen molar-refractivity contribution in [2.75, 3.05) is 22.6 Å². The minimum absolute atomic E-state index is 0.161. The van der Waals surface area contributed by atoms with Gasteiger partial charge in [-0.2, -0.15) is 4.99 Å². The second kappa shape index (κ2) is 13.2. The average Bonchev–Trinajstić information content (AvgIpc) is 3.61. The number of ether oxygens (including phenoxy) is 2. The first-order chi connectivity index (χ1) is 21.4. The Labute approximate surface area is 262 Å². The van der Waals surface area contributed by atoms with Crippen LogP contribution in [0.4, 0.5) is 29.3 Å². The van der Waals surface area contributed by atoms with Crippen molar-refractivity contribution in [2.24, 2.45) is 4.99 Å². The summed E-state index contributed by atoms with van der Waals surface area (Å²) in [6.45, 7) is 8.10. The molecule has 0 bridgehead atoms. The maximum Gasteiger partial charge on any atom is 0.573 e. The number of imidazole rings is 1. The van der Waals surface area contributed by atoms with Crippen molar-refractivity contribution in [3.63, 3.8) is 0 Å². The van der Waals surface area contributed by atoms with Crippen molar-refractivity contribution < 1.29 is 32.2 Å². The van der Waals surface area contributed by atoms with Crippen LogP contribution in [0.25, 0.3) is 16.9 Å². The lowest BCUT2D eigenvalue weighted by atomic mass is 10.0. The molecular formula is C32H30F3N5O4S. The topological polar surface area (TPSA) is 98.1 Å². The molecule has 0 saturated carbocycles. The third-order valence-electron chi connectivity index (χ3n) is 6.96. The minimum Gasteiger partial charge on any atom is -0.406 e. The number of amidine groups is 1. The zero-order valence-electron chi connectivity index (χ0n) is 24.9. The fourth-order valence-electron chi connectivity index (χ4n) is 4.84. The molecule has 1 aromatic heterocycles. The number of benzene rings is 3. The summed E-state index contributed by atoms with van der Waals surface area (Å²) in [5.74, 6) is -0.325. The van der Waals surface area contributed by atoms with Crippen LogP contribution in [-0.4, -0.2) is 45.4 Å². The quantitative estimate of drug-likeness (QED) is 0.212. The van der Waals surface area contributed by atoms with Gasteiger partial charge in [0.25, 0.3) is 0 Å². The molecule has 3 aromatic carbocycles. The van der Waals surface area contributed by atoms with Crippen LogP contribution in [0, 0.1) is 13.8 Å². The fourth-order valence-corrected chi connectivity index (χ4v) is 5.70. The highest BCUT2D eigenvalue weighted by atomic mass is 32.2. The maximum atomic E-state index is 13.0. The number of aliphatic imine (C=N–C) groups is 1. The summed E-state index contributed by atoms with van der Waals surface area (Å²) in [5, 5.41) is 3.09. The van der Waals surface area contributed by atoms with Crippen LogP contribution in [0.15, 0.2) is 78.2 Å². The molecule has 4 aromatic rings. The molecule has 3 amide bonds. The van der Waals surface area contributed by atoms with Gasteiger partial charge in [-0.1, -0.05) is 30.0 Å². The van der Waals surface area contributed by atoms with Crippen molar-refractivity contribution in [3.05, 3.63) is 89.9 Å². The molecule has 9 nitrogen and oxygen atoms in total. The number of nitrogens with one attached hydrogen (secondary N) is 1. The molecule has 0 spiro atoms. The summed E-state index contributed by atoms with van der Waals surface area (Å²) in [6.07, 6.45) is -1.72. The number of rotatable bonds is 8. The molecule has 1 aliphatic heterocycles. The number of alkyl halides is 3. The Hall–Kier alpha value is -4.62. The number of carbonyl (C=O) groups excluding carboxylic acids is 2. The van der Waals surface area contributed by atoms with Crippen LogP contribution >= 0.6 is 11.8 Å². The first-order valence-electron chi connectivity index (χ1n) is 14.0. The van der Waals surface area contributed by atoms with Gasteiger partial charge >= 0.3 is 12.4 Å². The van der Waals surface area contributed by atoms with E-state index in [4.69, 9.17) is 4.74 Å². The predicted octanol–water partition coefficient (Wildman–Crippen LogP) is 7.82. The summed E-state index contributed by atoms with van der Waals surface area (Å²) in [4.78, 5) is 36.1. The lowest BCUT2D eigenvalue weighted by Gasteiger charge is -2.23. The predicted molar refractivity (Wildman–Crippen MR) is 168 cm³/mol. The molecule has 1 saturated heterocycles. The van der Waals surface area contributed by atoms with Crippen LogP contribution in [0.2, 0.25) is 0 Å². The van der Waals surface area contributed by atoms with Crippen LogP contribution in [0.3, 0.4) is 0 Å². The number of anilines is 2. The lowest BCUT2D eigenvalue weighted by Crippen LogP contribution is -2.31. The van der Waals surface area contributed by atoms with Crippen molar-refractivity contribution in [2.45, 2.75) is 40.2 Å². The van der Waals surface area contributed by atoms with Gasteiger partial charge in [0.05, 0.1) is 29.6 Å². The van der Waals surface area contributed by atoms with E-state index in [2.05, 4.69) is 20.0 Å². The molecular weight excluding hydrogens is 607 g/mol. The highest BCUT2D eigenvalue weighted by Gasteiger charge is 2.33. The van der Waals surface area contributed by atoms with E-state index >= 15 is 0 Å². The summed E-state index contributed by atoms with van der Waals surface area (Å²) in [7, 11) is 0. The van der Waals surface area contributed by atoms with Crippen molar-refractivity contribution in [1.82, 2.24) is 9.55 Å². The van der Waals surface area contributed by atoms with Crippen molar-refractivity contribution in [3.8, 4) is 22.7 Å². The zero-order valence-corrected chi connectivity index (χ0v) is 25.7. The van der Waals surface area contributed by atoms with Gasteiger partial charge in [-0.25, -0.2) is 9.78 Å². The minimum atomic E-state index is -4.76. The summed E-state index contributed by atoms with van der Waals surface area (Å²) in [6, 6.07) is 16.0. The third kappa shape index (κ3) is 7.55. The van der Waals surface area contributed by atoms with Crippen molar-refractivity contribution in [1.29, 1.82) is 0 Å². The Morgan fingerprint density at radius 2 is 1.87 bits per heavy atom. The van der Waals surface area contributed by atoms with E-state index in [1.54, 1.807) is 29.2 Å². The van der Waals surface area contributed by atoms with E-state index in [0.717, 1.165) is 22.3 Å². The fraction of sp³-hybridized carbons (Fsp3) is 0.250. The van der Waals surface area contributed by atoms with Gasteiger partial charge in [-0.05, 0) is 81.3 Å². The Bertz CT molecular complexity index is 1750. The Balaban J connectivity index is 1.31. The van der Waals surface area contributed by atoms with Crippen LogP contribution in [-0.2, 0) is 9.53 Å². The second-order valence-electron chi connectivity index (χ2n) is 10.2. The number of hydrogen-bond acceptors (Lipinski definition) is 6. The molecule has 5 rings (SSSR count).